The third kappa shape index (κ3) is 3.01. The van der Waals surface area contributed by atoms with E-state index in [-0.39, 0.29) is 5.92 Å². The summed E-state index contributed by atoms with van der Waals surface area (Å²) in [5.41, 5.74) is 1.13. The monoisotopic (exact) mass is 250 g/mol. The third-order valence-electron chi connectivity index (χ3n) is 3.07. The van der Waals surface area contributed by atoms with Gasteiger partial charge in [0, 0.05) is 5.92 Å². The molecule has 2 atom stereocenters. The Hall–Kier alpha value is -1.55. The van der Waals surface area contributed by atoms with E-state index in [4.69, 9.17) is 9.47 Å². The molecule has 1 aliphatic rings. The Morgan fingerprint density at radius 1 is 1.56 bits per heavy atom. The zero-order chi connectivity index (χ0) is 13.0. The fraction of sp³-hybridized carbons (Fsp3) is 0.500. The molecule has 1 aromatic rings. The number of para-hydroxylation sites is 1. The maximum atomic E-state index is 11.3. The molecule has 4 nitrogen and oxygen atoms in total. The van der Waals surface area contributed by atoms with Gasteiger partial charge in [-0.25, -0.2) is 4.79 Å². The number of aliphatic hydroxyl groups is 1. The standard InChI is InChI=1S/C14H18O4/c1-2-17-14(16)12(15)8-10-7-11-5-3-4-6-13(11)18-9-10/h3-6,10,12,15H,2,7-9H2,1H3/t10-,12?/m1/s1. The topological polar surface area (TPSA) is 55.8 Å². The summed E-state index contributed by atoms with van der Waals surface area (Å²) in [4.78, 5) is 11.3. The van der Waals surface area contributed by atoms with Crippen LogP contribution in [0.25, 0.3) is 0 Å². The molecule has 0 amide bonds. The Morgan fingerprint density at radius 2 is 2.33 bits per heavy atom. The van der Waals surface area contributed by atoms with Crippen LogP contribution in [0.3, 0.4) is 0 Å². The molecule has 1 unspecified atom stereocenters. The SMILES string of the molecule is CCOC(=O)C(O)C[C@@H]1COc2ccccc2C1. The quantitative estimate of drug-likeness (QED) is 0.824. The second kappa shape index (κ2) is 5.87. The molecule has 0 aliphatic carbocycles. The third-order valence-corrected chi connectivity index (χ3v) is 3.07. The average molecular weight is 250 g/mol. The van der Waals surface area contributed by atoms with Crippen molar-refractivity contribution in [3.8, 4) is 5.75 Å². The van der Waals surface area contributed by atoms with Gasteiger partial charge >= 0.3 is 5.97 Å². The number of carbonyl (C=O) groups is 1. The van der Waals surface area contributed by atoms with Gasteiger partial charge in [-0.2, -0.15) is 0 Å². The minimum Gasteiger partial charge on any atom is -0.493 e. The first kappa shape index (κ1) is 12.9. The predicted octanol–water partition coefficient (Wildman–Crippen LogP) is 1.55. The fourth-order valence-corrected chi connectivity index (χ4v) is 2.19. The molecule has 2 rings (SSSR count). The van der Waals surface area contributed by atoms with Crippen LogP contribution in [-0.4, -0.2) is 30.4 Å². The van der Waals surface area contributed by atoms with E-state index in [0.717, 1.165) is 17.7 Å². The first-order chi connectivity index (χ1) is 8.70. The highest BCUT2D eigenvalue weighted by Crippen LogP contribution is 2.28. The van der Waals surface area contributed by atoms with Crippen LogP contribution < -0.4 is 4.74 Å². The van der Waals surface area contributed by atoms with Crippen LogP contribution in [0.5, 0.6) is 5.75 Å². The van der Waals surface area contributed by atoms with Gasteiger partial charge in [-0.1, -0.05) is 18.2 Å². The van der Waals surface area contributed by atoms with Gasteiger partial charge in [0.25, 0.3) is 0 Å². The number of benzene rings is 1. The second-order valence-corrected chi connectivity index (χ2v) is 4.49. The van der Waals surface area contributed by atoms with Gasteiger partial charge in [0.05, 0.1) is 13.2 Å². The lowest BCUT2D eigenvalue weighted by Gasteiger charge is -2.26. The first-order valence-electron chi connectivity index (χ1n) is 6.26. The van der Waals surface area contributed by atoms with E-state index >= 15 is 0 Å². The Bertz CT molecular complexity index is 416. The lowest BCUT2D eigenvalue weighted by Crippen LogP contribution is -2.30. The summed E-state index contributed by atoms with van der Waals surface area (Å²) in [7, 11) is 0. The van der Waals surface area contributed by atoms with Crippen LogP contribution in [0.2, 0.25) is 0 Å². The van der Waals surface area contributed by atoms with E-state index in [1.807, 2.05) is 24.3 Å². The van der Waals surface area contributed by atoms with E-state index in [2.05, 4.69) is 0 Å². The van der Waals surface area contributed by atoms with E-state index in [1.54, 1.807) is 6.92 Å². The molecule has 0 aromatic heterocycles. The summed E-state index contributed by atoms with van der Waals surface area (Å²) in [5.74, 6) is 0.509. The Morgan fingerprint density at radius 3 is 3.11 bits per heavy atom. The van der Waals surface area contributed by atoms with Crippen molar-refractivity contribution in [1.82, 2.24) is 0 Å². The average Bonchev–Trinajstić information content (AvgIpc) is 2.39. The zero-order valence-electron chi connectivity index (χ0n) is 10.5. The van der Waals surface area contributed by atoms with E-state index in [9.17, 15) is 9.90 Å². The summed E-state index contributed by atoms with van der Waals surface area (Å²) in [6.07, 6.45) is 0.156. The van der Waals surface area contributed by atoms with Crippen molar-refractivity contribution in [2.75, 3.05) is 13.2 Å². The highest BCUT2D eigenvalue weighted by Gasteiger charge is 2.25. The lowest BCUT2D eigenvalue weighted by molar-refractivity contribution is -0.154. The summed E-state index contributed by atoms with van der Waals surface area (Å²) in [6.45, 7) is 2.55. The molecular weight excluding hydrogens is 232 g/mol. The van der Waals surface area contributed by atoms with Crippen LogP contribution in [0, 0.1) is 5.92 Å². The summed E-state index contributed by atoms with van der Waals surface area (Å²) in [6, 6.07) is 7.85. The van der Waals surface area contributed by atoms with Crippen LogP contribution in [0.15, 0.2) is 24.3 Å². The van der Waals surface area contributed by atoms with Crippen molar-refractivity contribution in [2.24, 2.45) is 5.92 Å². The van der Waals surface area contributed by atoms with Gasteiger partial charge in [0.2, 0.25) is 0 Å². The molecule has 0 fully saturated rings. The van der Waals surface area contributed by atoms with E-state index < -0.39 is 12.1 Å². The Labute approximate surface area is 107 Å². The first-order valence-corrected chi connectivity index (χ1v) is 6.26. The number of aliphatic hydroxyl groups excluding tert-OH is 1. The highest BCUT2D eigenvalue weighted by atomic mass is 16.5. The normalized spacial score (nSPS) is 19.6. The molecule has 98 valence electrons. The number of hydrogen-bond acceptors (Lipinski definition) is 4. The molecule has 0 radical (unpaired) electrons. The van der Waals surface area contributed by atoms with Gasteiger partial charge in [-0.3, -0.25) is 0 Å². The largest absolute Gasteiger partial charge is 0.493 e. The maximum Gasteiger partial charge on any atom is 0.334 e. The molecular formula is C14H18O4. The summed E-state index contributed by atoms with van der Waals surface area (Å²) < 4.78 is 10.4. The van der Waals surface area contributed by atoms with Crippen LogP contribution in [0.4, 0.5) is 0 Å². The van der Waals surface area contributed by atoms with Crippen LogP contribution >= 0.6 is 0 Å². The van der Waals surface area contributed by atoms with Crippen molar-refractivity contribution in [1.29, 1.82) is 0 Å². The highest BCUT2D eigenvalue weighted by molar-refractivity contribution is 5.74. The molecule has 18 heavy (non-hydrogen) atoms. The molecule has 1 N–H and O–H groups in total. The molecule has 1 heterocycles. The van der Waals surface area contributed by atoms with Gasteiger partial charge in [-0.15, -0.1) is 0 Å². The fourth-order valence-electron chi connectivity index (χ4n) is 2.19. The minimum absolute atomic E-state index is 0.152. The van der Waals surface area contributed by atoms with Crippen molar-refractivity contribution in [2.45, 2.75) is 25.9 Å². The molecule has 1 aromatic carbocycles. The molecule has 1 aliphatic heterocycles. The molecule has 0 bridgehead atoms. The number of fused-ring (bicyclic) bond motifs is 1. The number of ether oxygens (including phenoxy) is 2. The Balaban J connectivity index is 1.91. The van der Waals surface area contributed by atoms with Crippen molar-refractivity contribution in [3.05, 3.63) is 29.8 Å². The lowest BCUT2D eigenvalue weighted by atomic mass is 9.92. The van der Waals surface area contributed by atoms with Gasteiger partial charge < -0.3 is 14.6 Å². The van der Waals surface area contributed by atoms with E-state index in [0.29, 0.717) is 19.6 Å². The molecule has 0 saturated heterocycles. The summed E-state index contributed by atoms with van der Waals surface area (Å²) in [5, 5.41) is 9.72. The van der Waals surface area contributed by atoms with Crippen LogP contribution in [-0.2, 0) is 16.0 Å². The predicted molar refractivity (Wildman–Crippen MR) is 66.4 cm³/mol. The summed E-state index contributed by atoms with van der Waals surface area (Å²) >= 11 is 0. The van der Waals surface area contributed by atoms with E-state index in [1.165, 1.54) is 0 Å². The van der Waals surface area contributed by atoms with Gasteiger partial charge in [0.15, 0.2) is 6.10 Å². The second-order valence-electron chi connectivity index (χ2n) is 4.49. The van der Waals surface area contributed by atoms with Gasteiger partial charge in [0.1, 0.15) is 5.75 Å². The minimum atomic E-state index is -1.05. The van der Waals surface area contributed by atoms with Crippen molar-refractivity contribution < 1.29 is 19.4 Å². The smallest absolute Gasteiger partial charge is 0.334 e. The number of carbonyl (C=O) groups excluding carboxylic acids is 1. The zero-order valence-corrected chi connectivity index (χ0v) is 10.5. The Kier molecular flexibility index (Phi) is 4.20. The molecule has 0 spiro atoms. The van der Waals surface area contributed by atoms with Crippen molar-refractivity contribution >= 4 is 5.97 Å². The van der Waals surface area contributed by atoms with Crippen molar-refractivity contribution in [3.63, 3.8) is 0 Å². The van der Waals surface area contributed by atoms with Gasteiger partial charge in [-0.05, 0) is 31.4 Å². The molecule has 4 heteroatoms. The number of hydrogen-bond donors (Lipinski definition) is 1. The molecule has 0 saturated carbocycles. The van der Waals surface area contributed by atoms with Crippen LogP contribution in [0.1, 0.15) is 18.9 Å². The number of rotatable bonds is 4. The number of esters is 1. The maximum absolute atomic E-state index is 11.3.